The van der Waals surface area contributed by atoms with Crippen molar-refractivity contribution in [2.45, 2.75) is 24.8 Å². The van der Waals surface area contributed by atoms with Crippen LogP contribution in [0.4, 0.5) is 0 Å². The maximum absolute atomic E-state index is 12.3. The third-order valence-electron chi connectivity index (χ3n) is 3.42. The topological polar surface area (TPSA) is 92.3 Å². The van der Waals surface area contributed by atoms with Crippen LogP contribution in [0, 0.1) is 5.92 Å². The van der Waals surface area contributed by atoms with Crippen LogP contribution < -0.4 is 10.0 Å². The van der Waals surface area contributed by atoms with E-state index in [-0.39, 0.29) is 28.9 Å². The van der Waals surface area contributed by atoms with Gasteiger partial charge in [-0.3, -0.25) is 0 Å². The highest BCUT2D eigenvalue weighted by Gasteiger charge is 2.29. The van der Waals surface area contributed by atoms with Crippen LogP contribution in [0.15, 0.2) is 16.3 Å². The van der Waals surface area contributed by atoms with Crippen LogP contribution in [-0.2, 0) is 26.4 Å². The second-order valence-corrected chi connectivity index (χ2v) is 10.1. The molecular weight excluding hydrogens is 332 g/mol. The van der Waals surface area contributed by atoms with Gasteiger partial charge in [0.05, 0.1) is 16.4 Å². The molecule has 0 saturated carbocycles. The number of sulfonamides is 1. The summed E-state index contributed by atoms with van der Waals surface area (Å²) in [5.41, 5.74) is 0. The van der Waals surface area contributed by atoms with Crippen molar-refractivity contribution in [3.8, 4) is 0 Å². The Balaban J connectivity index is 2.00. The Morgan fingerprint density at radius 3 is 2.81 bits per heavy atom. The average Bonchev–Trinajstić information content (AvgIpc) is 3.00. The van der Waals surface area contributed by atoms with Gasteiger partial charge >= 0.3 is 0 Å². The van der Waals surface area contributed by atoms with Crippen molar-refractivity contribution in [3.63, 3.8) is 0 Å². The molecule has 0 amide bonds. The monoisotopic (exact) mass is 352 g/mol. The van der Waals surface area contributed by atoms with Crippen molar-refractivity contribution in [1.82, 2.24) is 10.0 Å². The molecule has 1 aromatic rings. The Morgan fingerprint density at radius 2 is 2.19 bits per heavy atom. The lowest BCUT2D eigenvalue weighted by Crippen LogP contribution is -2.30. The Bertz CT molecular complexity index is 679. The molecule has 1 fully saturated rings. The highest BCUT2D eigenvalue weighted by atomic mass is 32.2. The first-order valence-electron chi connectivity index (χ1n) is 6.81. The summed E-state index contributed by atoms with van der Waals surface area (Å²) in [5, 5.41) is 4.86. The van der Waals surface area contributed by atoms with Gasteiger partial charge in [0, 0.05) is 18.0 Å². The normalized spacial score (nSPS) is 21.7. The van der Waals surface area contributed by atoms with Gasteiger partial charge in [-0.15, -0.1) is 11.3 Å². The Kier molecular flexibility index (Phi) is 5.42. The predicted molar refractivity (Wildman–Crippen MR) is 83.6 cm³/mol. The van der Waals surface area contributed by atoms with Crippen molar-refractivity contribution in [1.29, 1.82) is 0 Å². The fourth-order valence-electron chi connectivity index (χ4n) is 2.27. The first-order valence-corrected chi connectivity index (χ1v) is 11.0. The van der Waals surface area contributed by atoms with Gasteiger partial charge in [-0.2, -0.15) is 0 Å². The van der Waals surface area contributed by atoms with E-state index < -0.39 is 19.9 Å². The molecular formula is C12H20N2O4S3. The van der Waals surface area contributed by atoms with Crippen molar-refractivity contribution < 1.29 is 16.8 Å². The SMILES string of the molecule is CCNCc1sccc1S(=O)(=O)NCC1CCS(=O)(=O)C1. The fraction of sp³-hybridized carbons (Fsp3) is 0.667. The molecule has 1 aliphatic heterocycles. The minimum absolute atomic E-state index is 0.0728. The quantitative estimate of drug-likeness (QED) is 0.748. The smallest absolute Gasteiger partial charge is 0.241 e. The zero-order valence-electron chi connectivity index (χ0n) is 11.8. The summed E-state index contributed by atoms with van der Waals surface area (Å²) in [4.78, 5) is 1.05. The molecule has 2 rings (SSSR count). The molecule has 0 radical (unpaired) electrons. The second kappa shape index (κ2) is 6.74. The second-order valence-electron chi connectivity index (χ2n) is 5.11. The van der Waals surface area contributed by atoms with E-state index in [2.05, 4.69) is 10.0 Å². The van der Waals surface area contributed by atoms with Crippen LogP contribution in [0.3, 0.4) is 0 Å². The molecule has 0 aliphatic carbocycles. The van der Waals surface area contributed by atoms with Crippen LogP contribution in [0.1, 0.15) is 18.2 Å². The summed E-state index contributed by atoms with van der Waals surface area (Å²) in [6.45, 7) is 3.42. The highest BCUT2D eigenvalue weighted by molar-refractivity contribution is 7.91. The number of sulfone groups is 1. The van der Waals surface area contributed by atoms with E-state index in [0.717, 1.165) is 11.4 Å². The highest BCUT2D eigenvalue weighted by Crippen LogP contribution is 2.23. The molecule has 0 aromatic carbocycles. The minimum atomic E-state index is -3.58. The van der Waals surface area contributed by atoms with Gasteiger partial charge in [0.15, 0.2) is 9.84 Å². The van der Waals surface area contributed by atoms with E-state index in [0.29, 0.717) is 13.0 Å². The molecule has 1 saturated heterocycles. The maximum Gasteiger partial charge on any atom is 0.241 e. The van der Waals surface area contributed by atoms with Crippen molar-refractivity contribution in [2.75, 3.05) is 24.6 Å². The molecule has 0 spiro atoms. The van der Waals surface area contributed by atoms with Gasteiger partial charge in [-0.1, -0.05) is 6.92 Å². The van der Waals surface area contributed by atoms with E-state index in [1.807, 2.05) is 6.92 Å². The van der Waals surface area contributed by atoms with Gasteiger partial charge in [-0.05, 0) is 30.3 Å². The van der Waals surface area contributed by atoms with E-state index in [1.165, 1.54) is 11.3 Å². The van der Waals surface area contributed by atoms with E-state index in [9.17, 15) is 16.8 Å². The average molecular weight is 353 g/mol. The van der Waals surface area contributed by atoms with Crippen LogP contribution >= 0.6 is 11.3 Å². The summed E-state index contributed by atoms with van der Waals surface area (Å²) in [6.07, 6.45) is 0.527. The number of rotatable bonds is 7. The summed E-state index contributed by atoms with van der Waals surface area (Å²) in [5.74, 6) is 0.105. The third kappa shape index (κ3) is 4.49. The first kappa shape index (κ1) is 16.9. The van der Waals surface area contributed by atoms with Crippen molar-refractivity contribution in [3.05, 3.63) is 16.3 Å². The lowest BCUT2D eigenvalue weighted by molar-refractivity contribution is 0.542. The zero-order valence-corrected chi connectivity index (χ0v) is 14.3. The molecule has 9 heteroatoms. The summed E-state index contributed by atoms with van der Waals surface area (Å²) < 4.78 is 49.9. The third-order valence-corrected chi connectivity index (χ3v) is 7.81. The fourth-order valence-corrected chi connectivity index (χ4v) is 6.66. The van der Waals surface area contributed by atoms with Crippen molar-refractivity contribution >= 4 is 31.2 Å². The molecule has 1 unspecified atom stereocenters. The lowest BCUT2D eigenvalue weighted by Gasteiger charge is -2.11. The van der Waals surface area contributed by atoms with Crippen LogP contribution in [0.25, 0.3) is 0 Å². The van der Waals surface area contributed by atoms with Gasteiger partial charge in [0.25, 0.3) is 0 Å². The Hall–Kier alpha value is -0.480. The Morgan fingerprint density at radius 1 is 1.43 bits per heavy atom. The molecule has 2 N–H and O–H groups in total. The van der Waals surface area contributed by atoms with Gasteiger partial charge in [-0.25, -0.2) is 21.6 Å². The lowest BCUT2D eigenvalue weighted by atomic mass is 10.1. The van der Waals surface area contributed by atoms with Gasteiger partial charge < -0.3 is 5.32 Å². The summed E-state index contributed by atoms with van der Waals surface area (Å²) in [6, 6.07) is 1.59. The van der Waals surface area contributed by atoms with E-state index >= 15 is 0 Å². The predicted octanol–water partition coefficient (Wildman–Crippen LogP) is 0.571. The molecule has 1 atom stereocenters. The van der Waals surface area contributed by atoms with E-state index in [4.69, 9.17) is 0 Å². The largest absolute Gasteiger partial charge is 0.312 e. The number of thiophene rings is 1. The van der Waals surface area contributed by atoms with Gasteiger partial charge in [0.1, 0.15) is 0 Å². The number of hydrogen-bond donors (Lipinski definition) is 2. The zero-order chi connectivity index (χ0) is 15.5. The van der Waals surface area contributed by atoms with Crippen LogP contribution in [0.5, 0.6) is 0 Å². The summed E-state index contributed by atoms with van der Waals surface area (Å²) in [7, 11) is -6.56. The number of hydrogen-bond acceptors (Lipinski definition) is 6. The van der Waals surface area contributed by atoms with Gasteiger partial charge in [0.2, 0.25) is 10.0 Å². The van der Waals surface area contributed by atoms with E-state index in [1.54, 1.807) is 11.4 Å². The van der Waals surface area contributed by atoms with Crippen LogP contribution in [-0.4, -0.2) is 41.4 Å². The minimum Gasteiger partial charge on any atom is -0.312 e. The number of nitrogens with one attached hydrogen (secondary N) is 2. The van der Waals surface area contributed by atoms with Crippen molar-refractivity contribution in [2.24, 2.45) is 5.92 Å². The molecule has 6 nitrogen and oxygen atoms in total. The Labute approximate surface area is 129 Å². The maximum atomic E-state index is 12.3. The molecule has 2 heterocycles. The standard InChI is InChI=1S/C12H20N2O4S3/c1-2-13-8-11-12(3-5-19-11)21(17,18)14-7-10-4-6-20(15,16)9-10/h3,5,10,13-14H,2,4,6-9H2,1H3. The molecule has 0 bridgehead atoms. The molecule has 21 heavy (non-hydrogen) atoms. The molecule has 1 aromatic heterocycles. The van der Waals surface area contributed by atoms with Crippen LogP contribution in [0.2, 0.25) is 0 Å². The first-order chi connectivity index (χ1) is 9.84. The summed E-state index contributed by atoms with van der Waals surface area (Å²) >= 11 is 1.40. The molecule has 120 valence electrons. The molecule has 1 aliphatic rings.